The molecule has 1 aromatic heterocycles. The first-order valence-corrected chi connectivity index (χ1v) is 10.2. The van der Waals surface area contributed by atoms with E-state index in [9.17, 15) is 13.2 Å². The van der Waals surface area contributed by atoms with E-state index in [0.29, 0.717) is 12.1 Å². The summed E-state index contributed by atoms with van der Waals surface area (Å²) in [6, 6.07) is 8.24. The predicted molar refractivity (Wildman–Crippen MR) is 97.3 cm³/mol. The number of rotatable bonds is 6. The Hall–Kier alpha value is -2.15. The van der Waals surface area contributed by atoms with E-state index >= 15 is 0 Å². The van der Waals surface area contributed by atoms with Crippen LogP contribution < -0.4 is 5.32 Å². The van der Waals surface area contributed by atoms with Gasteiger partial charge < -0.3 is 5.32 Å². The lowest BCUT2D eigenvalue weighted by molar-refractivity contribution is 0.0926. The van der Waals surface area contributed by atoms with Crippen LogP contribution in [-0.4, -0.2) is 30.4 Å². The van der Waals surface area contributed by atoms with Gasteiger partial charge >= 0.3 is 0 Å². The third-order valence-corrected chi connectivity index (χ3v) is 5.28. The van der Waals surface area contributed by atoms with Gasteiger partial charge in [-0.2, -0.15) is 5.10 Å². The lowest BCUT2D eigenvalue weighted by atomic mass is 10.0. The highest BCUT2D eigenvalue weighted by atomic mass is 32.2. The molecule has 7 heteroatoms. The summed E-state index contributed by atoms with van der Waals surface area (Å²) in [6.07, 6.45) is 1.87. The third-order valence-electron chi connectivity index (χ3n) is 4.15. The number of benzene rings is 1. The Morgan fingerprint density at radius 2 is 1.84 bits per heavy atom. The highest BCUT2D eigenvalue weighted by Crippen LogP contribution is 2.20. The molecular weight excluding hydrogens is 338 g/mol. The van der Waals surface area contributed by atoms with Crippen molar-refractivity contribution < 1.29 is 13.2 Å². The second-order valence-corrected chi connectivity index (χ2v) is 8.52. The number of aromatic nitrogens is 2. The van der Waals surface area contributed by atoms with Crippen LogP contribution in [-0.2, 0) is 16.9 Å². The van der Waals surface area contributed by atoms with Crippen molar-refractivity contribution >= 4 is 15.7 Å². The summed E-state index contributed by atoms with van der Waals surface area (Å²) in [5.41, 5.74) is 2.25. The molecule has 2 rings (SSSR count). The molecule has 0 saturated heterocycles. The van der Waals surface area contributed by atoms with Crippen LogP contribution in [0.5, 0.6) is 0 Å². The SMILES string of the molecule is CCC(NC(=O)c1cc(C(C)C)nn1C)c1ccc(S(C)(=O)=O)cc1. The topological polar surface area (TPSA) is 81.1 Å². The Kier molecular flexibility index (Phi) is 5.67. The van der Waals surface area contributed by atoms with Crippen LogP contribution in [0.4, 0.5) is 0 Å². The number of hydrogen-bond acceptors (Lipinski definition) is 4. The molecule has 1 heterocycles. The molecule has 25 heavy (non-hydrogen) atoms. The fourth-order valence-electron chi connectivity index (χ4n) is 2.58. The Morgan fingerprint density at radius 1 is 1.24 bits per heavy atom. The number of aryl methyl sites for hydroxylation is 1. The van der Waals surface area contributed by atoms with Crippen LogP contribution >= 0.6 is 0 Å². The van der Waals surface area contributed by atoms with Gasteiger partial charge in [-0.3, -0.25) is 9.48 Å². The minimum Gasteiger partial charge on any atom is -0.344 e. The first-order chi connectivity index (χ1) is 11.6. The summed E-state index contributed by atoms with van der Waals surface area (Å²) in [7, 11) is -1.48. The highest BCUT2D eigenvalue weighted by Gasteiger charge is 2.19. The van der Waals surface area contributed by atoms with Gasteiger partial charge in [0.1, 0.15) is 5.69 Å². The molecule has 0 aliphatic heterocycles. The fourth-order valence-corrected chi connectivity index (χ4v) is 3.22. The quantitative estimate of drug-likeness (QED) is 0.856. The summed E-state index contributed by atoms with van der Waals surface area (Å²) in [5, 5.41) is 7.37. The average molecular weight is 363 g/mol. The summed E-state index contributed by atoms with van der Waals surface area (Å²) < 4.78 is 24.7. The number of carbonyl (C=O) groups excluding carboxylic acids is 1. The normalized spacial score (nSPS) is 13.0. The molecule has 0 fully saturated rings. The molecule has 1 aromatic carbocycles. The Morgan fingerprint density at radius 3 is 2.28 bits per heavy atom. The smallest absolute Gasteiger partial charge is 0.270 e. The lowest BCUT2D eigenvalue weighted by Crippen LogP contribution is -2.29. The van der Waals surface area contributed by atoms with E-state index in [4.69, 9.17) is 0 Å². The van der Waals surface area contributed by atoms with Gasteiger partial charge in [-0.1, -0.05) is 32.9 Å². The van der Waals surface area contributed by atoms with Crippen LogP contribution in [0.15, 0.2) is 35.2 Å². The van der Waals surface area contributed by atoms with Gasteiger partial charge in [0.2, 0.25) is 0 Å². The molecule has 0 spiro atoms. The van der Waals surface area contributed by atoms with Crippen molar-refractivity contribution in [2.75, 3.05) is 6.26 Å². The van der Waals surface area contributed by atoms with Crippen molar-refractivity contribution in [1.29, 1.82) is 0 Å². The second kappa shape index (κ2) is 7.39. The Labute approximate surface area is 149 Å². The number of carbonyl (C=O) groups is 1. The minimum absolute atomic E-state index is 0.194. The van der Waals surface area contributed by atoms with Crippen LogP contribution in [0, 0.1) is 0 Å². The van der Waals surface area contributed by atoms with Gasteiger partial charge in [-0.15, -0.1) is 0 Å². The first kappa shape index (κ1) is 19.2. The molecule has 1 atom stereocenters. The Balaban J connectivity index is 2.20. The monoisotopic (exact) mass is 363 g/mol. The standard InChI is InChI=1S/C18H25N3O3S/c1-6-15(13-7-9-14(10-8-13)25(5,23)24)19-18(22)17-11-16(12(2)3)20-21(17)4/h7-12,15H,6H2,1-5H3,(H,19,22). The molecule has 0 saturated carbocycles. The molecule has 1 N–H and O–H groups in total. The summed E-state index contributed by atoms with van der Waals surface area (Å²) in [5.74, 6) is 0.0548. The van der Waals surface area contributed by atoms with Crippen molar-refractivity contribution in [3.63, 3.8) is 0 Å². The molecule has 0 bridgehead atoms. The predicted octanol–water partition coefficient (Wildman–Crippen LogP) is 2.83. The van der Waals surface area contributed by atoms with E-state index in [1.54, 1.807) is 42.1 Å². The molecule has 136 valence electrons. The molecule has 0 radical (unpaired) electrons. The van der Waals surface area contributed by atoms with E-state index < -0.39 is 9.84 Å². The van der Waals surface area contributed by atoms with E-state index in [-0.39, 0.29) is 22.8 Å². The number of nitrogens with zero attached hydrogens (tertiary/aromatic N) is 2. The van der Waals surface area contributed by atoms with Crippen LogP contribution in [0.25, 0.3) is 0 Å². The molecule has 1 amide bonds. The van der Waals surface area contributed by atoms with Gasteiger partial charge in [0.05, 0.1) is 16.6 Å². The Bertz CT molecular complexity index is 852. The van der Waals surface area contributed by atoms with Crippen molar-refractivity contribution in [3.05, 3.63) is 47.3 Å². The summed E-state index contributed by atoms with van der Waals surface area (Å²) in [4.78, 5) is 12.9. The van der Waals surface area contributed by atoms with Crippen molar-refractivity contribution in [2.45, 2.75) is 44.0 Å². The van der Waals surface area contributed by atoms with E-state index in [0.717, 1.165) is 11.3 Å². The molecule has 0 aliphatic carbocycles. The lowest BCUT2D eigenvalue weighted by Gasteiger charge is -2.17. The number of amides is 1. The van der Waals surface area contributed by atoms with E-state index in [1.807, 2.05) is 20.8 Å². The zero-order valence-electron chi connectivity index (χ0n) is 15.3. The average Bonchev–Trinajstić information content (AvgIpc) is 2.94. The molecular formula is C18H25N3O3S. The van der Waals surface area contributed by atoms with E-state index in [1.165, 1.54) is 6.26 Å². The molecule has 6 nitrogen and oxygen atoms in total. The highest BCUT2D eigenvalue weighted by molar-refractivity contribution is 7.90. The summed E-state index contributed by atoms with van der Waals surface area (Å²) >= 11 is 0. The maximum Gasteiger partial charge on any atom is 0.270 e. The number of hydrogen-bond donors (Lipinski definition) is 1. The van der Waals surface area contributed by atoms with Crippen LogP contribution in [0.3, 0.4) is 0 Å². The van der Waals surface area contributed by atoms with Gasteiger partial charge in [0, 0.05) is 13.3 Å². The number of nitrogens with one attached hydrogen (secondary N) is 1. The van der Waals surface area contributed by atoms with Gasteiger partial charge in [-0.05, 0) is 36.1 Å². The fraction of sp³-hybridized carbons (Fsp3) is 0.444. The zero-order valence-corrected chi connectivity index (χ0v) is 16.1. The summed E-state index contributed by atoms with van der Waals surface area (Å²) in [6.45, 7) is 6.03. The molecule has 2 aromatic rings. The largest absolute Gasteiger partial charge is 0.344 e. The van der Waals surface area contributed by atoms with Crippen LogP contribution in [0.2, 0.25) is 0 Å². The van der Waals surface area contributed by atoms with Gasteiger partial charge in [-0.25, -0.2) is 8.42 Å². The maximum atomic E-state index is 12.6. The second-order valence-electron chi connectivity index (χ2n) is 6.51. The van der Waals surface area contributed by atoms with Crippen LogP contribution in [0.1, 0.15) is 60.9 Å². The van der Waals surface area contributed by atoms with E-state index in [2.05, 4.69) is 10.4 Å². The molecule has 0 aliphatic rings. The molecule has 1 unspecified atom stereocenters. The van der Waals surface area contributed by atoms with Crippen molar-refractivity contribution in [1.82, 2.24) is 15.1 Å². The third kappa shape index (κ3) is 4.48. The van der Waals surface area contributed by atoms with Crippen molar-refractivity contribution in [2.24, 2.45) is 7.05 Å². The van der Waals surface area contributed by atoms with Crippen molar-refractivity contribution in [3.8, 4) is 0 Å². The zero-order chi connectivity index (χ0) is 18.8. The van der Waals surface area contributed by atoms with Gasteiger partial charge in [0.25, 0.3) is 5.91 Å². The number of sulfone groups is 1. The van der Waals surface area contributed by atoms with Gasteiger partial charge in [0.15, 0.2) is 9.84 Å². The first-order valence-electron chi connectivity index (χ1n) is 8.28. The minimum atomic E-state index is -3.23. The maximum absolute atomic E-state index is 12.6.